The van der Waals surface area contributed by atoms with Crippen molar-refractivity contribution in [1.82, 2.24) is 0 Å². The summed E-state index contributed by atoms with van der Waals surface area (Å²) in [5, 5.41) is 21.1. The molecule has 5 rings (SSSR count). The lowest BCUT2D eigenvalue weighted by atomic mass is 9.90. The summed E-state index contributed by atoms with van der Waals surface area (Å²) in [5.41, 5.74) is 2.61. The predicted octanol–water partition coefficient (Wildman–Crippen LogP) is 3.32. The van der Waals surface area contributed by atoms with E-state index in [-0.39, 0.29) is 30.9 Å². The molecule has 2 N–H and O–H groups in total. The number of phenolic OH excluding ortho intramolecular Hbond substituents is 2. The molecular formula is C19H12O6. The maximum Gasteiger partial charge on any atom is 0.338 e. The maximum absolute atomic E-state index is 12.1. The van der Waals surface area contributed by atoms with E-state index in [2.05, 4.69) is 0 Å². The van der Waals surface area contributed by atoms with E-state index in [1.807, 2.05) is 6.07 Å². The van der Waals surface area contributed by atoms with Crippen molar-refractivity contribution in [1.29, 1.82) is 0 Å². The molecule has 2 heterocycles. The highest BCUT2D eigenvalue weighted by Gasteiger charge is 2.30. The molecule has 6 heteroatoms. The van der Waals surface area contributed by atoms with Crippen LogP contribution >= 0.6 is 0 Å². The summed E-state index contributed by atoms with van der Waals surface area (Å²) in [5.74, 6) is 0.402. The first-order valence-corrected chi connectivity index (χ1v) is 7.71. The Bertz CT molecular complexity index is 1070. The SMILES string of the molecule is O=C1OCc2c1cc1ccc3c(c1c2-c1ccc(O)c(O)c1)OCO3. The van der Waals surface area contributed by atoms with Gasteiger partial charge in [-0.1, -0.05) is 12.1 Å². The highest BCUT2D eigenvalue weighted by atomic mass is 16.7. The third-order valence-electron chi connectivity index (χ3n) is 4.58. The molecule has 2 aliphatic heterocycles. The van der Waals surface area contributed by atoms with Gasteiger partial charge in [-0.25, -0.2) is 4.79 Å². The molecule has 25 heavy (non-hydrogen) atoms. The Balaban J connectivity index is 1.94. The number of carbonyl (C=O) groups is 1. The van der Waals surface area contributed by atoms with Crippen LogP contribution in [-0.4, -0.2) is 23.0 Å². The molecule has 0 unspecified atom stereocenters. The van der Waals surface area contributed by atoms with Crippen molar-refractivity contribution < 1.29 is 29.2 Å². The first kappa shape index (κ1) is 14.0. The van der Waals surface area contributed by atoms with Crippen LogP contribution in [0.15, 0.2) is 36.4 Å². The van der Waals surface area contributed by atoms with Crippen molar-refractivity contribution >= 4 is 16.7 Å². The summed E-state index contributed by atoms with van der Waals surface area (Å²) in [7, 11) is 0. The third kappa shape index (κ3) is 1.88. The number of rotatable bonds is 1. The van der Waals surface area contributed by atoms with Crippen molar-refractivity contribution in [3.05, 3.63) is 47.5 Å². The summed E-state index contributed by atoms with van der Waals surface area (Å²) in [6.45, 7) is 0.271. The number of fused-ring (bicyclic) bond motifs is 4. The van der Waals surface area contributed by atoms with Crippen LogP contribution in [0.4, 0.5) is 0 Å². The minimum Gasteiger partial charge on any atom is -0.504 e. The number of cyclic esters (lactones) is 1. The summed E-state index contributed by atoms with van der Waals surface area (Å²) in [6.07, 6.45) is 0. The minimum atomic E-state index is -0.376. The molecule has 0 bridgehead atoms. The number of hydrogen-bond donors (Lipinski definition) is 2. The van der Waals surface area contributed by atoms with Crippen molar-refractivity contribution in [3.8, 4) is 34.1 Å². The van der Waals surface area contributed by atoms with Gasteiger partial charge in [0.15, 0.2) is 23.0 Å². The quantitative estimate of drug-likeness (QED) is 0.524. The molecular weight excluding hydrogens is 324 g/mol. The smallest absolute Gasteiger partial charge is 0.338 e. The number of phenols is 2. The average Bonchev–Trinajstić information content (AvgIpc) is 3.22. The van der Waals surface area contributed by atoms with Crippen LogP contribution in [-0.2, 0) is 11.3 Å². The lowest BCUT2D eigenvalue weighted by Gasteiger charge is -2.14. The number of ether oxygens (including phenoxy) is 3. The summed E-state index contributed by atoms with van der Waals surface area (Å²) in [6, 6.07) is 10.00. The minimum absolute atomic E-state index is 0.126. The zero-order valence-electron chi connectivity index (χ0n) is 12.9. The van der Waals surface area contributed by atoms with E-state index in [1.165, 1.54) is 12.1 Å². The molecule has 0 amide bonds. The summed E-state index contributed by atoms with van der Waals surface area (Å²) >= 11 is 0. The van der Waals surface area contributed by atoms with Gasteiger partial charge in [-0.05, 0) is 35.2 Å². The van der Waals surface area contributed by atoms with E-state index in [9.17, 15) is 15.0 Å². The van der Waals surface area contributed by atoms with Crippen molar-refractivity contribution in [3.63, 3.8) is 0 Å². The van der Waals surface area contributed by atoms with Gasteiger partial charge in [0.1, 0.15) is 6.61 Å². The molecule has 0 fully saturated rings. The van der Waals surface area contributed by atoms with E-state index in [0.717, 1.165) is 21.9 Å². The third-order valence-corrected chi connectivity index (χ3v) is 4.58. The van der Waals surface area contributed by atoms with Crippen molar-refractivity contribution in [2.24, 2.45) is 0 Å². The largest absolute Gasteiger partial charge is 0.504 e. The number of esters is 1. The topological polar surface area (TPSA) is 85.2 Å². The van der Waals surface area contributed by atoms with Crippen LogP contribution in [0.2, 0.25) is 0 Å². The molecule has 0 radical (unpaired) electrons. The zero-order valence-corrected chi connectivity index (χ0v) is 12.9. The van der Waals surface area contributed by atoms with Crippen molar-refractivity contribution in [2.45, 2.75) is 6.61 Å². The van der Waals surface area contributed by atoms with E-state index >= 15 is 0 Å². The number of benzene rings is 3. The molecule has 0 aromatic heterocycles. The van der Waals surface area contributed by atoms with Gasteiger partial charge in [-0.3, -0.25) is 0 Å². The Morgan fingerprint density at radius 3 is 2.64 bits per heavy atom. The lowest BCUT2D eigenvalue weighted by Crippen LogP contribution is -1.97. The van der Waals surface area contributed by atoms with Gasteiger partial charge in [-0.15, -0.1) is 0 Å². The van der Waals surface area contributed by atoms with Crippen LogP contribution in [0.3, 0.4) is 0 Å². The van der Waals surface area contributed by atoms with Gasteiger partial charge in [-0.2, -0.15) is 0 Å². The molecule has 0 saturated heterocycles. The normalized spacial score (nSPS) is 14.6. The second kappa shape index (κ2) is 4.80. The fraction of sp³-hybridized carbons (Fsp3) is 0.105. The summed E-state index contributed by atoms with van der Waals surface area (Å²) in [4.78, 5) is 12.1. The molecule has 3 aromatic rings. The Morgan fingerprint density at radius 1 is 0.920 bits per heavy atom. The van der Waals surface area contributed by atoms with Crippen LogP contribution in [0.5, 0.6) is 23.0 Å². The molecule has 3 aromatic carbocycles. The van der Waals surface area contributed by atoms with Crippen LogP contribution in [0.25, 0.3) is 21.9 Å². The number of hydrogen-bond acceptors (Lipinski definition) is 6. The fourth-order valence-electron chi connectivity index (χ4n) is 3.44. The van der Waals surface area contributed by atoms with Gasteiger partial charge in [0.2, 0.25) is 6.79 Å². The highest BCUT2D eigenvalue weighted by molar-refractivity contribution is 6.10. The zero-order chi connectivity index (χ0) is 17.1. The van der Waals surface area contributed by atoms with E-state index in [4.69, 9.17) is 14.2 Å². The predicted molar refractivity (Wildman–Crippen MR) is 88.0 cm³/mol. The Kier molecular flexibility index (Phi) is 2.68. The fourth-order valence-corrected chi connectivity index (χ4v) is 3.44. The second-order valence-electron chi connectivity index (χ2n) is 5.95. The van der Waals surface area contributed by atoms with Gasteiger partial charge in [0.25, 0.3) is 0 Å². The Labute approximate surface area is 141 Å². The maximum atomic E-state index is 12.1. The highest BCUT2D eigenvalue weighted by Crippen LogP contribution is 2.48. The Morgan fingerprint density at radius 2 is 1.80 bits per heavy atom. The lowest BCUT2D eigenvalue weighted by molar-refractivity contribution is 0.0535. The van der Waals surface area contributed by atoms with Gasteiger partial charge >= 0.3 is 5.97 Å². The van der Waals surface area contributed by atoms with E-state index in [0.29, 0.717) is 22.6 Å². The molecule has 2 aliphatic rings. The summed E-state index contributed by atoms with van der Waals surface area (Å²) < 4.78 is 16.3. The van der Waals surface area contributed by atoms with Crippen molar-refractivity contribution in [2.75, 3.05) is 6.79 Å². The van der Waals surface area contributed by atoms with Gasteiger partial charge in [0, 0.05) is 16.5 Å². The molecule has 124 valence electrons. The van der Waals surface area contributed by atoms with Gasteiger partial charge < -0.3 is 24.4 Å². The molecule has 0 spiro atoms. The molecule has 0 atom stereocenters. The first-order chi connectivity index (χ1) is 12.1. The number of aromatic hydroxyl groups is 2. The first-order valence-electron chi connectivity index (χ1n) is 7.71. The van der Waals surface area contributed by atoms with E-state index in [1.54, 1.807) is 18.2 Å². The average molecular weight is 336 g/mol. The van der Waals surface area contributed by atoms with Crippen LogP contribution in [0, 0.1) is 0 Å². The number of carbonyl (C=O) groups excluding carboxylic acids is 1. The van der Waals surface area contributed by atoms with Crippen LogP contribution in [0.1, 0.15) is 15.9 Å². The second-order valence-corrected chi connectivity index (χ2v) is 5.95. The molecule has 6 nitrogen and oxygen atoms in total. The standard InChI is InChI=1S/C19H12O6/c20-13-3-1-10(6-14(13)21)16-12-7-23-19(22)11(12)5-9-2-4-15-18(17(9)16)25-8-24-15/h1-6,20-21H,7-8H2. The van der Waals surface area contributed by atoms with E-state index < -0.39 is 0 Å². The van der Waals surface area contributed by atoms with Gasteiger partial charge in [0.05, 0.1) is 5.56 Å². The van der Waals surface area contributed by atoms with Crippen LogP contribution < -0.4 is 9.47 Å². The molecule has 0 aliphatic carbocycles. The monoisotopic (exact) mass is 336 g/mol. The Hall–Kier alpha value is -3.41. The molecule has 0 saturated carbocycles.